The number of thiophene rings is 1. The molecule has 32 heavy (non-hydrogen) atoms. The highest BCUT2D eigenvalue weighted by molar-refractivity contribution is 7.28. The third-order valence-electron chi connectivity index (χ3n) is 6.68. The van der Waals surface area contributed by atoms with Crippen LogP contribution < -0.4 is 5.19 Å². The first-order valence-corrected chi connectivity index (χ1v) is 15.9. The van der Waals surface area contributed by atoms with Crippen molar-refractivity contribution in [2.75, 3.05) is 0 Å². The van der Waals surface area contributed by atoms with E-state index in [1.54, 1.807) is 6.33 Å². The normalized spacial score (nSPS) is 12.4. The van der Waals surface area contributed by atoms with Crippen molar-refractivity contribution in [2.45, 2.75) is 52.2 Å². The minimum absolute atomic E-state index is 0.554. The fourth-order valence-electron chi connectivity index (χ4n) is 4.94. The zero-order chi connectivity index (χ0) is 22.5. The van der Waals surface area contributed by atoms with E-state index in [1.165, 1.54) is 41.9 Å². The van der Waals surface area contributed by atoms with Gasteiger partial charge in [-0.05, 0) is 52.4 Å². The first-order valence-electron chi connectivity index (χ1n) is 11.6. The number of aromatic nitrogens is 2. The van der Waals surface area contributed by atoms with Gasteiger partial charge in [-0.15, -0.1) is 11.3 Å². The minimum atomic E-state index is -1.47. The third-order valence-corrected chi connectivity index (χ3v) is 10.1. The highest BCUT2D eigenvalue weighted by atomic mass is 32.1. The summed E-state index contributed by atoms with van der Waals surface area (Å²) in [6.07, 6.45) is 4.04. The van der Waals surface area contributed by atoms with Gasteiger partial charge in [-0.1, -0.05) is 76.0 Å². The molecule has 0 atom stereocenters. The molecule has 3 aromatic carbocycles. The van der Waals surface area contributed by atoms with E-state index in [4.69, 9.17) is 9.97 Å². The summed E-state index contributed by atoms with van der Waals surface area (Å²) < 4.78 is 2.60. The van der Waals surface area contributed by atoms with E-state index >= 15 is 0 Å². The molecule has 2 heterocycles. The molecule has 0 aliphatic heterocycles. The van der Waals surface area contributed by atoms with Gasteiger partial charge in [-0.2, -0.15) is 0 Å². The Labute approximate surface area is 195 Å². The average molecular weight is 455 g/mol. The van der Waals surface area contributed by atoms with Crippen LogP contribution in [0, 0.1) is 0 Å². The standard InChI is InChI=1S/C28H30N2SSi/c1-6-18(7-2)23-16-20(15-19-11-8-9-12-21(19)23)25-28-26(30-17-29-25)22-13-10-14-24(27(22)31-28)32(3,4)5/h8-18H,6-7H2,1-5H3. The van der Waals surface area contributed by atoms with Crippen molar-refractivity contribution in [3.63, 3.8) is 0 Å². The van der Waals surface area contributed by atoms with E-state index in [1.807, 2.05) is 11.3 Å². The largest absolute Gasteiger partial charge is 0.235 e. The van der Waals surface area contributed by atoms with Gasteiger partial charge in [0.05, 0.1) is 24.0 Å². The van der Waals surface area contributed by atoms with Gasteiger partial charge < -0.3 is 0 Å². The van der Waals surface area contributed by atoms with Crippen LogP contribution in [0.15, 0.2) is 60.9 Å². The molecule has 0 unspecified atom stereocenters. The quantitative estimate of drug-likeness (QED) is 0.251. The van der Waals surface area contributed by atoms with Crippen molar-refractivity contribution in [1.29, 1.82) is 0 Å². The highest BCUT2D eigenvalue weighted by Gasteiger charge is 2.23. The molecule has 0 aliphatic rings. The van der Waals surface area contributed by atoms with E-state index in [2.05, 4.69) is 88.1 Å². The number of nitrogens with zero attached hydrogens (tertiary/aromatic N) is 2. The lowest BCUT2D eigenvalue weighted by molar-refractivity contribution is 0.647. The Morgan fingerprint density at radius 2 is 1.59 bits per heavy atom. The van der Waals surface area contributed by atoms with Crippen molar-refractivity contribution in [3.8, 4) is 11.3 Å². The van der Waals surface area contributed by atoms with Gasteiger partial charge in [-0.25, -0.2) is 9.97 Å². The van der Waals surface area contributed by atoms with Crippen molar-refractivity contribution in [3.05, 3.63) is 66.5 Å². The van der Waals surface area contributed by atoms with Crippen LogP contribution in [0.4, 0.5) is 0 Å². The third kappa shape index (κ3) is 3.46. The van der Waals surface area contributed by atoms with Gasteiger partial charge in [0.2, 0.25) is 0 Å². The van der Waals surface area contributed by atoms with Gasteiger partial charge in [0, 0.05) is 15.6 Å². The van der Waals surface area contributed by atoms with Crippen LogP contribution in [-0.2, 0) is 0 Å². The Morgan fingerprint density at radius 1 is 0.844 bits per heavy atom. The molecule has 0 saturated heterocycles. The topological polar surface area (TPSA) is 25.8 Å². The van der Waals surface area contributed by atoms with Gasteiger partial charge in [0.15, 0.2) is 0 Å². The second-order valence-corrected chi connectivity index (χ2v) is 15.8. The molecule has 0 spiro atoms. The van der Waals surface area contributed by atoms with Gasteiger partial charge in [0.1, 0.15) is 6.33 Å². The summed E-state index contributed by atoms with van der Waals surface area (Å²) in [6.45, 7) is 11.9. The zero-order valence-corrected chi connectivity index (χ0v) is 21.4. The van der Waals surface area contributed by atoms with Crippen LogP contribution in [0.2, 0.25) is 19.6 Å². The number of rotatable bonds is 5. The molecule has 0 saturated carbocycles. The Balaban J connectivity index is 1.82. The minimum Gasteiger partial charge on any atom is -0.235 e. The molecule has 5 rings (SSSR count). The highest BCUT2D eigenvalue weighted by Crippen LogP contribution is 2.40. The molecule has 0 radical (unpaired) electrons. The summed E-state index contributed by atoms with van der Waals surface area (Å²) in [5.41, 5.74) is 4.81. The summed E-state index contributed by atoms with van der Waals surface area (Å²) in [4.78, 5) is 9.58. The molecule has 0 bridgehead atoms. The predicted molar refractivity (Wildman–Crippen MR) is 144 cm³/mol. The number of benzene rings is 3. The molecule has 2 aromatic heterocycles. The van der Waals surface area contributed by atoms with Gasteiger partial charge >= 0.3 is 0 Å². The maximum atomic E-state index is 4.83. The van der Waals surface area contributed by atoms with Crippen molar-refractivity contribution in [2.24, 2.45) is 0 Å². The molecular formula is C28H30N2SSi. The molecule has 0 N–H and O–H groups in total. The fraction of sp³-hybridized carbons (Fsp3) is 0.286. The molecule has 162 valence electrons. The van der Waals surface area contributed by atoms with Crippen LogP contribution in [-0.4, -0.2) is 18.0 Å². The van der Waals surface area contributed by atoms with E-state index < -0.39 is 8.07 Å². The maximum absolute atomic E-state index is 4.83. The summed E-state index contributed by atoms with van der Waals surface area (Å²) in [7, 11) is -1.47. The van der Waals surface area contributed by atoms with Gasteiger partial charge in [-0.3, -0.25) is 0 Å². The molecule has 5 aromatic rings. The van der Waals surface area contributed by atoms with Crippen LogP contribution in [0.1, 0.15) is 38.2 Å². The Morgan fingerprint density at radius 3 is 2.34 bits per heavy atom. The molecule has 2 nitrogen and oxygen atoms in total. The van der Waals surface area contributed by atoms with E-state index in [9.17, 15) is 0 Å². The Hall–Kier alpha value is -2.56. The number of hydrogen-bond donors (Lipinski definition) is 0. The second kappa shape index (κ2) is 8.09. The number of hydrogen-bond acceptors (Lipinski definition) is 3. The summed E-state index contributed by atoms with van der Waals surface area (Å²) in [6, 6.07) is 20.2. The second-order valence-electron chi connectivity index (χ2n) is 9.73. The maximum Gasteiger partial charge on any atom is 0.116 e. The van der Waals surface area contributed by atoms with E-state index in [0.717, 1.165) is 24.1 Å². The Kier molecular flexibility index (Phi) is 5.38. The lowest BCUT2D eigenvalue weighted by atomic mass is 9.87. The molecular weight excluding hydrogens is 424 g/mol. The molecule has 0 aliphatic carbocycles. The van der Waals surface area contributed by atoms with Gasteiger partial charge in [0.25, 0.3) is 0 Å². The zero-order valence-electron chi connectivity index (χ0n) is 19.6. The number of fused-ring (bicyclic) bond motifs is 4. The fourth-order valence-corrected chi connectivity index (χ4v) is 8.60. The lowest BCUT2D eigenvalue weighted by Crippen LogP contribution is -2.37. The van der Waals surface area contributed by atoms with Crippen LogP contribution in [0.25, 0.3) is 42.3 Å². The van der Waals surface area contributed by atoms with Crippen molar-refractivity contribution < 1.29 is 0 Å². The predicted octanol–water partition coefficient (Wildman–Crippen LogP) is 8.11. The summed E-state index contributed by atoms with van der Waals surface area (Å²) in [5, 5.41) is 5.45. The van der Waals surface area contributed by atoms with Crippen molar-refractivity contribution in [1.82, 2.24) is 9.97 Å². The van der Waals surface area contributed by atoms with E-state index in [-0.39, 0.29) is 0 Å². The lowest BCUT2D eigenvalue weighted by Gasteiger charge is -2.18. The first-order chi connectivity index (χ1) is 15.4. The Bertz CT molecular complexity index is 1440. The molecule has 4 heteroatoms. The molecule has 0 fully saturated rings. The van der Waals surface area contributed by atoms with Crippen LogP contribution in [0.3, 0.4) is 0 Å². The smallest absolute Gasteiger partial charge is 0.116 e. The average Bonchev–Trinajstić information content (AvgIpc) is 3.18. The van der Waals surface area contributed by atoms with Crippen LogP contribution >= 0.6 is 11.3 Å². The monoisotopic (exact) mass is 454 g/mol. The molecule has 0 amide bonds. The van der Waals surface area contributed by atoms with E-state index in [0.29, 0.717) is 5.92 Å². The SMILES string of the molecule is CCC(CC)c1cc(-c2ncnc3c2sc2c([Si](C)(C)C)cccc23)cc2ccccc12. The van der Waals surface area contributed by atoms with Crippen molar-refractivity contribution >= 4 is 55.7 Å². The van der Waals surface area contributed by atoms with Crippen LogP contribution in [0.5, 0.6) is 0 Å². The summed E-state index contributed by atoms with van der Waals surface area (Å²) >= 11 is 1.88. The first kappa shape index (κ1) is 21.3. The summed E-state index contributed by atoms with van der Waals surface area (Å²) in [5.74, 6) is 0.554.